The zero-order chi connectivity index (χ0) is 14.5. The van der Waals surface area contributed by atoms with Gasteiger partial charge in [0.05, 0.1) is 10.6 Å². The van der Waals surface area contributed by atoms with E-state index in [1.807, 2.05) is 11.8 Å². The number of carboxylic acids is 1. The molecule has 0 atom stereocenters. The molecule has 0 radical (unpaired) electrons. The molecular formula is C14H21NO2S2. The maximum atomic E-state index is 10.6. The van der Waals surface area contributed by atoms with Crippen LogP contribution in [0.25, 0.3) is 6.08 Å². The molecule has 0 aliphatic rings. The Kier molecular flexibility index (Phi) is 6.07. The van der Waals surface area contributed by atoms with Crippen LogP contribution >= 0.6 is 23.1 Å². The first kappa shape index (κ1) is 16.2. The van der Waals surface area contributed by atoms with E-state index in [0.717, 1.165) is 33.5 Å². The Bertz CT molecular complexity index is 459. The van der Waals surface area contributed by atoms with Crippen LogP contribution in [0.4, 0.5) is 0 Å². The molecule has 0 saturated carbocycles. The van der Waals surface area contributed by atoms with E-state index in [0.29, 0.717) is 0 Å². The lowest BCUT2D eigenvalue weighted by Crippen LogP contribution is -2.13. The lowest BCUT2D eigenvalue weighted by Gasteiger charge is -2.16. The predicted molar refractivity (Wildman–Crippen MR) is 83.9 cm³/mol. The van der Waals surface area contributed by atoms with Crippen LogP contribution in [0.15, 0.2) is 6.08 Å². The van der Waals surface area contributed by atoms with Crippen molar-refractivity contribution < 1.29 is 9.90 Å². The largest absolute Gasteiger partial charge is 0.478 e. The molecule has 0 aliphatic heterocycles. The molecule has 1 aromatic rings. The Labute approximate surface area is 123 Å². The molecule has 0 unspecified atom stereocenters. The van der Waals surface area contributed by atoms with Crippen LogP contribution in [-0.4, -0.2) is 21.8 Å². The van der Waals surface area contributed by atoms with E-state index >= 15 is 0 Å². The van der Waals surface area contributed by atoms with Crippen LogP contribution in [-0.2, 0) is 16.0 Å². The van der Waals surface area contributed by atoms with Gasteiger partial charge in [-0.2, -0.15) is 11.8 Å². The molecule has 1 aromatic heterocycles. The van der Waals surface area contributed by atoms with E-state index in [4.69, 9.17) is 5.11 Å². The maximum absolute atomic E-state index is 10.6. The van der Waals surface area contributed by atoms with Gasteiger partial charge in [0.1, 0.15) is 5.01 Å². The van der Waals surface area contributed by atoms with Gasteiger partial charge in [0.2, 0.25) is 0 Å². The summed E-state index contributed by atoms with van der Waals surface area (Å²) >= 11 is 3.47. The maximum Gasteiger partial charge on any atom is 0.328 e. The summed E-state index contributed by atoms with van der Waals surface area (Å²) in [7, 11) is 0. The van der Waals surface area contributed by atoms with Gasteiger partial charge in [-0.05, 0) is 18.2 Å². The lowest BCUT2D eigenvalue weighted by molar-refractivity contribution is -0.131. The minimum atomic E-state index is -0.921. The topological polar surface area (TPSA) is 50.2 Å². The number of hydrogen-bond donors (Lipinski definition) is 1. The van der Waals surface area contributed by atoms with E-state index in [1.54, 1.807) is 17.4 Å². The third kappa shape index (κ3) is 5.37. The van der Waals surface area contributed by atoms with E-state index in [1.165, 1.54) is 6.08 Å². The molecule has 106 valence electrons. The quantitative estimate of drug-likeness (QED) is 0.632. The van der Waals surface area contributed by atoms with Gasteiger partial charge in [-0.15, -0.1) is 11.3 Å². The summed E-state index contributed by atoms with van der Waals surface area (Å²) in [5.41, 5.74) is 0.921. The van der Waals surface area contributed by atoms with Gasteiger partial charge in [0.15, 0.2) is 0 Å². The molecule has 19 heavy (non-hydrogen) atoms. The van der Waals surface area contributed by atoms with Crippen LogP contribution < -0.4 is 0 Å². The van der Waals surface area contributed by atoms with Crippen molar-refractivity contribution in [3.8, 4) is 0 Å². The molecule has 1 N–H and O–H groups in total. The molecule has 0 aliphatic carbocycles. The molecular weight excluding hydrogens is 278 g/mol. The molecule has 0 spiro atoms. The van der Waals surface area contributed by atoms with Gasteiger partial charge in [0.25, 0.3) is 0 Å². The molecule has 0 bridgehead atoms. The molecule has 3 nitrogen and oxygen atoms in total. The number of rotatable bonds is 6. The fourth-order valence-corrected chi connectivity index (χ4v) is 3.67. The van der Waals surface area contributed by atoms with Crippen molar-refractivity contribution in [3.05, 3.63) is 21.7 Å². The standard InChI is InChI=1S/C14H21NO2S2/c1-5-8-18-9-11-15-13(14(2,3)4)10(19-11)6-7-12(16)17/h6-7H,5,8-9H2,1-4H3,(H,16,17)/b7-6+. The summed E-state index contributed by atoms with van der Waals surface area (Å²) in [5.74, 6) is 1.11. The van der Waals surface area contributed by atoms with Crippen LogP contribution in [0.1, 0.15) is 49.7 Å². The number of aromatic nitrogens is 1. The van der Waals surface area contributed by atoms with Gasteiger partial charge in [-0.3, -0.25) is 0 Å². The Morgan fingerprint density at radius 3 is 2.68 bits per heavy atom. The second-order valence-corrected chi connectivity index (χ2v) is 7.51. The summed E-state index contributed by atoms with van der Waals surface area (Å²) in [6, 6.07) is 0. The summed E-state index contributed by atoms with van der Waals surface area (Å²) < 4.78 is 0. The zero-order valence-corrected chi connectivity index (χ0v) is 13.5. The fourth-order valence-electron chi connectivity index (χ4n) is 1.54. The monoisotopic (exact) mass is 299 g/mol. The van der Waals surface area contributed by atoms with Crippen LogP contribution in [0.2, 0.25) is 0 Å². The highest BCUT2D eigenvalue weighted by Gasteiger charge is 2.22. The van der Waals surface area contributed by atoms with Crippen LogP contribution in [0.5, 0.6) is 0 Å². The number of thiazole rings is 1. The second-order valence-electron chi connectivity index (χ2n) is 5.29. The van der Waals surface area contributed by atoms with E-state index in [9.17, 15) is 4.79 Å². The van der Waals surface area contributed by atoms with Crippen molar-refractivity contribution in [2.45, 2.75) is 45.3 Å². The Balaban J connectivity index is 2.96. The highest BCUT2D eigenvalue weighted by atomic mass is 32.2. The summed E-state index contributed by atoms with van der Waals surface area (Å²) in [6.07, 6.45) is 4.01. The van der Waals surface area contributed by atoms with Gasteiger partial charge < -0.3 is 5.11 Å². The first-order chi connectivity index (χ1) is 8.84. The van der Waals surface area contributed by atoms with Gasteiger partial charge >= 0.3 is 5.97 Å². The van der Waals surface area contributed by atoms with Gasteiger partial charge in [0, 0.05) is 17.2 Å². The number of nitrogens with zero attached hydrogens (tertiary/aromatic N) is 1. The Hall–Kier alpha value is -0.810. The number of aliphatic carboxylic acids is 1. The molecule has 0 fully saturated rings. The minimum Gasteiger partial charge on any atom is -0.478 e. The van der Waals surface area contributed by atoms with Crippen LogP contribution in [0, 0.1) is 0 Å². The summed E-state index contributed by atoms with van der Waals surface area (Å²) in [6.45, 7) is 8.46. The van der Waals surface area contributed by atoms with E-state index in [2.05, 4.69) is 32.7 Å². The SMILES string of the molecule is CCCSCc1nc(C(C)(C)C)c(/C=C/C(=O)O)s1. The van der Waals surface area contributed by atoms with Crippen molar-refractivity contribution in [1.82, 2.24) is 4.98 Å². The fraction of sp³-hybridized carbons (Fsp3) is 0.571. The smallest absolute Gasteiger partial charge is 0.328 e. The molecule has 0 saturated heterocycles. The van der Waals surface area contributed by atoms with E-state index in [-0.39, 0.29) is 5.41 Å². The Morgan fingerprint density at radius 2 is 2.16 bits per heavy atom. The van der Waals surface area contributed by atoms with Gasteiger partial charge in [-0.25, -0.2) is 9.78 Å². The second kappa shape index (κ2) is 7.10. The number of carboxylic acid groups (broad SMARTS) is 1. The molecule has 1 rings (SSSR count). The average molecular weight is 299 g/mol. The van der Waals surface area contributed by atoms with Crippen molar-refractivity contribution in [3.63, 3.8) is 0 Å². The van der Waals surface area contributed by atoms with Crippen molar-refractivity contribution >= 4 is 35.1 Å². The van der Waals surface area contributed by atoms with Crippen LogP contribution in [0.3, 0.4) is 0 Å². The Morgan fingerprint density at radius 1 is 1.47 bits per heavy atom. The first-order valence-corrected chi connectivity index (χ1v) is 8.30. The highest BCUT2D eigenvalue weighted by molar-refractivity contribution is 7.98. The molecule has 0 aromatic carbocycles. The third-order valence-electron chi connectivity index (χ3n) is 2.36. The number of carbonyl (C=O) groups is 1. The minimum absolute atomic E-state index is 0.0671. The number of thioether (sulfide) groups is 1. The van der Waals surface area contributed by atoms with Crippen molar-refractivity contribution in [2.75, 3.05) is 5.75 Å². The number of hydrogen-bond acceptors (Lipinski definition) is 4. The molecule has 1 heterocycles. The third-order valence-corrected chi connectivity index (χ3v) is 4.74. The molecule has 5 heteroatoms. The lowest BCUT2D eigenvalue weighted by atomic mass is 9.91. The molecule has 0 amide bonds. The predicted octanol–water partition coefficient (Wildman–Crippen LogP) is 4.18. The van der Waals surface area contributed by atoms with Gasteiger partial charge in [-0.1, -0.05) is 27.7 Å². The van der Waals surface area contributed by atoms with Crippen molar-refractivity contribution in [2.24, 2.45) is 0 Å². The van der Waals surface area contributed by atoms with Crippen molar-refractivity contribution in [1.29, 1.82) is 0 Å². The zero-order valence-electron chi connectivity index (χ0n) is 11.9. The average Bonchev–Trinajstić information content (AvgIpc) is 2.70. The van der Waals surface area contributed by atoms with E-state index < -0.39 is 5.97 Å². The normalized spacial score (nSPS) is 12.2. The summed E-state index contributed by atoms with van der Waals surface area (Å²) in [5, 5.41) is 9.82. The highest BCUT2D eigenvalue weighted by Crippen LogP contribution is 2.32. The first-order valence-electron chi connectivity index (χ1n) is 6.33. The summed E-state index contributed by atoms with van der Waals surface area (Å²) in [4.78, 5) is 16.3.